The Hall–Kier alpha value is -0.940. The molecule has 0 aliphatic heterocycles. The van der Waals surface area contributed by atoms with Crippen LogP contribution in [0.2, 0.25) is 0 Å². The van der Waals surface area contributed by atoms with Gasteiger partial charge in [-0.2, -0.15) is 4.98 Å². The third-order valence-corrected chi connectivity index (χ3v) is 3.25. The molecule has 1 aromatic rings. The molecule has 0 spiro atoms. The minimum absolute atomic E-state index is 0.0402. The lowest BCUT2D eigenvalue weighted by Gasteiger charge is -2.10. The van der Waals surface area contributed by atoms with Gasteiger partial charge in [0.2, 0.25) is 11.7 Å². The summed E-state index contributed by atoms with van der Waals surface area (Å²) < 4.78 is 10.9. The standard InChI is InChI=1S/C12H19N3O2/c1-2-16-11(8-3-4-8)12-14-10(17-15-12)7-13-9-5-6-9/h8-9,11,13H,2-7H2,1H3. The largest absolute Gasteiger partial charge is 0.370 e. The molecular formula is C12H19N3O2. The van der Waals surface area contributed by atoms with Crippen LogP contribution in [0.25, 0.3) is 0 Å². The van der Waals surface area contributed by atoms with E-state index in [1.807, 2.05) is 6.92 Å². The van der Waals surface area contributed by atoms with Crippen molar-refractivity contribution in [1.82, 2.24) is 15.5 Å². The predicted molar refractivity (Wildman–Crippen MR) is 61.3 cm³/mol. The highest BCUT2D eigenvalue weighted by Gasteiger charge is 2.36. The number of hydrogen-bond donors (Lipinski definition) is 1. The van der Waals surface area contributed by atoms with Crippen LogP contribution in [0.15, 0.2) is 4.52 Å². The maximum Gasteiger partial charge on any atom is 0.240 e. The minimum Gasteiger partial charge on any atom is -0.370 e. The number of rotatable bonds is 7. The molecule has 0 aromatic carbocycles. The molecule has 1 heterocycles. The van der Waals surface area contributed by atoms with Crippen molar-refractivity contribution >= 4 is 0 Å². The van der Waals surface area contributed by atoms with Crippen molar-refractivity contribution in [2.45, 2.75) is 51.3 Å². The zero-order chi connectivity index (χ0) is 11.7. The van der Waals surface area contributed by atoms with E-state index in [0.29, 0.717) is 31.0 Å². The van der Waals surface area contributed by atoms with Gasteiger partial charge in [0, 0.05) is 12.6 Å². The summed E-state index contributed by atoms with van der Waals surface area (Å²) in [5.74, 6) is 2.00. The fourth-order valence-electron chi connectivity index (χ4n) is 1.97. The summed E-state index contributed by atoms with van der Waals surface area (Å²) in [6, 6.07) is 0.663. The summed E-state index contributed by atoms with van der Waals surface area (Å²) in [6.07, 6.45) is 5.01. The van der Waals surface area contributed by atoms with Gasteiger partial charge in [0.25, 0.3) is 0 Å². The summed E-state index contributed by atoms with van der Waals surface area (Å²) in [7, 11) is 0. The van der Waals surface area contributed by atoms with Crippen LogP contribution in [0.5, 0.6) is 0 Å². The Kier molecular flexibility index (Phi) is 3.11. The van der Waals surface area contributed by atoms with E-state index in [0.717, 1.165) is 5.82 Å². The van der Waals surface area contributed by atoms with Crippen molar-refractivity contribution in [3.05, 3.63) is 11.7 Å². The molecule has 5 heteroatoms. The Bertz CT molecular complexity index is 372. The maximum atomic E-state index is 5.70. The average Bonchev–Trinajstić information content (AvgIpc) is 3.23. The fourth-order valence-corrected chi connectivity index (χ4v) is 1.97. The number of ether oxygens (including phenoxy) is 1. The van der Waals surface area contributed by atoms with Gasteiger partial charge >= 0.3 is 0 Å². The monoisotopic (exact) mass is 237 g/mol. The van der Waals surface area contributed by atoms with Gasteiger partial charge in [0.05, 0.1) is 6.54 Å². The van der Waals surface area contributed by atoms with E-state index in [1.54, 1.807) is 0 Å². The molecule has 0 amide bonds. The molecule has 0 bridgehead atoms. The van der Waals surface area contributed by atoms with E-state index >= 15 is 0 Å². The average molecular weight is 237 g/mol. The van der Waals surface area contributed by atoms with Crippen molar-refractivity contribution in [3.63, 3.8) is 0 Å². The summed E-state index contributed by atoms with van der Waals surface area (Å²) in [5.41, 5.74) is 0. The molecule has 17 heavy (non-hydrogen) atoms. The highest BCUT2D eigenvalue weighted by atomic mass is 16.5. The van der Waals surface area contributed by atoms with Crippen LogP contribution in [0.4, 0.5) is 0 Å². The lowest BCUT2D eigenvalue weighted by atomic mass is 10.2. The third kappa shape index (κ3) is 2.84. The zero-order valence-corrected chi connectivity index (χ0v) is 10.2. The molecule has 0 saturated heterocycles. The van der Waals surface area contributed by atoms with Crippen LogP contribution >= 0.6 is 0 Å². The van der Waals surface area contributed by atoms with Gasteiger partial charge in [-0.05, 0) is 38.5 Å². The molecular weight excluding hydrogens is 218 g/mol. The van der Waals surface area contributed by atoms with Crippen molar-refractivity contribution in [2.24, 2.45) is 5.92 Å². The Labute approximate surface area is 101 Å². The first kappa shape index (κ1) is 11.2. The Balaban J connectivity index is 1.60. The molecule has 2 saturated carbocycles. The lowest BCUT2D eigenvalue weighted by Crippen LogP contribution is -2.15. The van der Waals surface area contributed by atoms with Gasteiger partial charge in [-0.15, -0.1) is 0 Å². The molecule has 3 rings (SSSR count). The Morgan fingerprint density at radius 2 is 2.24 bits per heavy atom. The van der Waals surface area contributed by atoms with Crippen molar-refractivity contribution in [3.8, 4) is 0 Å². The molecule has 5 nitrogen and oxygen atoms in total. The topological polar surface area (TPSA) is 60.2 Å². The van der Waals surface area contributed by atoms with Gasteiger partial charge < -0.3 is 14.6 Å². The highest BCUT2D eigenvalue weighted by Crippen LogP contribution is 2.42. The van der Waals surface area contributed by atoms with Crippen LogP contribution in [-0.2, 0) is 11.3 Å². The first-order valence-electron chi connectivity index (χ1n) is 6.54. The van der Waals surface area contributed by atoms with Crippen LogP contribution in [0.1, 0.15) is 50.4 Å². The molecule has 2 fully saturated rings. The Morgan fingerprint density at radius 3 is 2.88 bits per heavy atom. The van der Waals surface area contributed by atoms with Crippen LogP contribution in [-0.4, -0.2) is 22.8 Å². The first-order valence-corrected chi connectivity index (χ1v) is 6.54. The van der Waals surface area contributed by atoms with E-state index in [2.05, 4.69) is 15.5 Å². The molecule has 2 aliphatic rings. The smallest absolute Gasteiger partial charge is 0.240 e. The van der Waals surface area contributed by atoms with E-state index in [1.165, 1.54) is 25.7 Å². The maximum absolute atomic E-state index is 5.70. The predicted octanol–water partition coefficient (Wildman–Crippen LogP) is 1.81. The second-order valence-corrected chi connectivity index (χ2v) is 4.91. The SMILES string of the molecule is CCOC(c1noc(CNC2CC2)n1)C1CC1. The third-order valence-electron chi connectivity index (χ3n) is 3.25. The summed E-state index contributed by atoms with van der Waals surface area (Å²) in [6.45, 7) is 3.39. The number of nitrogens with one attached hydrogen (secondary N) is 1. The molecule has 1 unspecified atom stereocenters. The van der Waals surface area contributed by atoms with Gasteiger partial charge in [-0.3, -0.25) is 0 Å². The summed E-state index contributed by atoms with van der Waals surface area (Å²) in [5, 5.41) is 7.41. The summed E-state index contributed by atoms with van der Waals surface area (Å²) >= 11 is 0. The number of hydrogen-bond acceptors (Lipinski definition) is 5. The second kappa shape index (κ2) is 4.74. The van der Waals surface area contributed by atoms with Gasteiger partial charge in [0.15, 0.2) is 0 Å². The van der Waals surface area contributed by atoms with Crippen LogP contribution in [0.3, 0.4) is 0 Å². The van der Waals surface area contributed by atoms with Crippen molar-refractivity contribution < 1.29 is 9.26 Å². The van der Waals surface area contributed by atoms with E-state index < -0.39 is 0 Å². The quantitative estimate of drug-likeness (QED) is 0.783. The number of nitrogens with zero attached hydrogens (tertiary/aromatic N) is 2. The lowest BCUT2D eigenvalue weighted by molar-refractivity contribution is 0.0384. The van der Waals surface area contributed by atoms with E-state index in [-0.39, 0.29) is 6.10 Å². The van der Waals surface area contributed by atoms with Crippen molar-refractivity contribution in [2.75, 3.05) is 6.61 Å². The molecule has 94 valence electrons. The normalized spacial score (nSPS) is 21.7. The molecule has 1 atom stereocenters. The van der Waals surface area contributed by atoms with Gasteiger partial charge in [0.1, 0.15) is 6.10 Å². The minimum atomic E-state index is 0.0402. The van der Waals surface area contributed by atoms with E-state index in [9.17, 15) is 0 Å². The molecule has 1 aromatic heterocycles. The molecule has 2 aliphatic carbocycles. The van der Waals surface area contributed by atoms with Crippen molar-refractivity contribution in [1.29, 1.82) is 0 Å². The second-order valence-electron chi connectivity index (χ2n) is 4.91. The molecule has 0 radical (unpaired) electrons. The van der Waals surface area contributed by atoms with Crippen LogP contribution < -0.4 is 5.32 Å². The molecule has 1 N–H and O–H groups in total. The van der Waals surface area contributed by atoms with Gasteiger partial charge in [-0.1, -0.05) is 5.16 Å². The first-order chi connectivity index (χ1) is 8.36. The Morgan fingerprint density at radius 1 is 1.41 bits per heavy atom. The summed E-state index contributed by atoms with van der Waals surface area (Å²) in [4.78, 5) is 4.42. The van der Waals surface area contributed by atoms with Gasteiger partial charge in [-0.25, -0.2) is 0 Å². The van der Waals surface area contributed by atoms with E-state index in [4.69, 9.17) is 9.26 Å². The highest BCUT2D eigenvalue weighted by molar-refractivity contribution is 4.98. The number of aromatic nitrogens is 2. The zero-order valence-electron chi connectivity index (χ0n) is 10.2. The fraction of sp³-hybridized carbons (Fsp3) is 0.833. The van der Waals surface area contributed by atoms with Crippen LogP contribution in [0, 0.1) is 5.92 Å².